The fourth-order valence-corrected chi connectivity index (χ4v) is 6.16. The van der Waals surface area contributed by atoms with Crippen LogP contribution in [-0.2, 0) is 46.5 Å². The van der Waals surface area contributed by atoms with Gasteiger partial charge in [-0.15, -0.1) is 0 Å². The molecule has 18 heteroatoms. The van der Waals surface area contributed by atoms with E-state index in [-0.39, 0.29) is 48.6 Å². The molecule has 5 aromatic rings. The van der Waals surface area contributed by atoms with Crippen LogP contribution in [0.5, 0.6) is 0 Å². The summed E-state index contributed by atoms with van der Waals surface area (Å²) in [6.07, 6.45) is -9.29. The number of benzene rings is 4. The lowest BCUT2D eigenvalue weighted by atomic mass is 10.0. The Balaban J connectivity index is 0.000000703. The van der Waals surface area contributed by atoms with Gasteiger partial charge in [0, 0.05) is 43.8 Å². The van der Waals surface area contributed by atoms with Gasteiger partial charge in [0.2, 0.25) is 5.91 Å². The Morgan fingerprint density at radius 3 is 1.82 bits per heavy atom. The number of hydrogen-bond donors (Lipinski definition) is 4. The lowest BCUT2D eigenvalue weighted by Gasteiger charge is -2.28. The first-order valence-corrected chi connectivity index (χ1v) is 18.5. The highest BCUT2D eigenvalue weighted by Crippen LogP contribution is 2.31. The normalized spacial score (nSPS) is 12.4. The molecule has 1 amide bonds. The molecule has 0 bridgehead atoms. The molecule has 0 aliphatic rings. The number of amides is 1. The molecule has 320 valence electrons. The van der Waals surface area contributed by atoms with Gasteiger partial charge in [-0.2, -0.15) is 18.2 Å². The molecule has 60 heavy (non-hydrogen) atoms. The summed E-state index contributed by atoms with van der Waals surface area (Å²) in [5.74, 6) is -6.84. The molecule has 0 aliphatic heterocycles. The maximum atomic E-state index is 14.5. The van der Waals surface area contributed by atoms with Gasteiger partial charge in [-0.05, 0) is 60.5 Å². The van der Waals surface area contributed by atoms with Crippen molar-refractivity contribution in [1.82, 2.24) is 19.4 Å². The number of carbonyl (C=O) groups excluding carboxylic acids is 1. The number of aryl methyl sites for hydroxylation is 1. The van der Waals surface area contributed by atoms with Gasteiger partial charge in [-0.25, -0.2) is 22.8 Å². The number of carboxylic acid groups (broad SMARTS) is 2. The number of rotatable bonds is 16. The number of hydrogen-bond acceptors (Lipinski definition) is 8. The SMILES string of the molecule is CCN(CC)CCN(Cc1ccc(-c2ccc(C(F)(F)F)cc2)cc1)C(=O)Cn1c(CCc2c(F)cc(F)cc2F)nc(=O)c2ccccc21.O=C(O)C(O)C(O)C(=O)O. The number of likely N-dealkylation sites (N-methyl/N-ethyl adjacent to an activating group) is 1. The maximum Gasteiger partial charge on any atom is 0.416 e. The summed E-state index contributed by atoms with van der Waals surface area (Å²) in [5.41, 5.74) is 0.916. The van der Waals surface area contributed by atoms with Crippen LogP contribution < -0.4 is 5.56 Å². The van der Waals surface area contributed by atoms with Crippen LogP contribution in [0.1, 0.15) is 36.4 Å². The minimum absolute atomic E-state index is 0.0995. The first kappa shape index (κ1) is 46.6. The monoisotopic (exact) mass is 844 g/mol. The van der Waals surface area contributed by atoms with E-state index in [1.54, 1.807) is 45.9 Å². The number of aliphatic carboxylic acids is 2. The van der Waals surface area contributed by atoms with Crippen LogP contribution in [0.15, 0.2) is 89.7 Å². The largest absolute Gasteiger partial charge is 0.479 e. The number of aliphatic hydroxyl groups excluding tert-OH is 2. The van der Waals surface area contributed by atoms with Crippen molar-refractivity contribution >= 4 is 28.7 Å². The number of carboxylic acids is 2. The molecule has 1 aromatic heterocycles. The maximum absolute atomic E-state index is 14.5. The van der Waals surface area contributed by atoms with Crippen molar-refractivity contribution in [2.45, 2.75) is 58.2 Å². The molecule has 2 unspecified atom stereocenters. The zero-order valence-corrected chi connectivity index (χ0v) is 32.4. The number of aromatic nitrogens is 2. The van der Waals surface area contributed by atoms with Crippen molar-refractivity contribution in [3.63, 3.8) is 0 Å². The number of alkyl halides is 3. The molecule has 0 aliphatic carbocycles. The van der Waals surface area contributed by atoms with Gasteiger partial charge in [-0.3, -0.25) is 9.59 Å². The summed E-state index contributed by atoms with van der Waals surface area (Å²) < 4.78 is 83.2. The molecule has 0 radical (unpaired) electrons. The molecule has 0 saturated heterocycles. The molecular formula is C42H42F6N4O8. The summed E-state index contributed by atoms with van der Waals surface area (Å²) in [6.45, 7) is 6.54. The average molecular weight is 845 g/mol. The second kappa shape index (κ2) is 20.7. The summed E-state index contributed by atoms with van der Waals surface area (Å²) in [6, 6.07) is 19.9. The topological polar surface area (TPSA) is 174 Å². The number of fused-ring (bicyclic) bond motifs is 1. The van der Waals surface area contributed by atoms with E-state index >= 15 is 0 Å². The third-order valence-corrected chi connectivity index (χ3v) is 9.58. The van der Waals surface area contributed by atoms with Crippen molar-refractivity contribution in [3.05, 3.63) is 135 Å². The van der Waals surface area contributed by atoms with E-state index in [9.17, 15) is 45.5 Å². The van der Waals surface area contributed by atoms with E-state index in [1.165, 1.54) is 12.1 Å². The van der Waals surface area contributed by atoms with E-state index in [0.717, 1.165) is 30.8 Å². The summed E-state index contributed by atoms with van der Waals surface area (Å²) in [5, 5.41) is 32.8. The van der Waals surface area contributed by atoms with Crippen molar-refractivity contribution < 1.29 is 61.2 Å². The second-order valence-corrected chi connectivity index (χ2v) is 13.5. The van der Waals surface area contributed by atoms with Crippen LogP contribution in [0, 0.1) is 17.5 Å². The van der Waals surface area contributed by atoms with Gasteiger partial charge < -0.3 is 34.8 Å². The highest BCUT2D eigenvalue weighted by atomic mass is 19.4. The highest BCUT2D eigenvalue weighted by Gasteiger charge is 2.30. The Kier molecular flexibility index (Phi) is 16.1. The lowest BCUT2D eigenvalue weighted by Crippen LogP contribution is -2.40. The minimum atomic E-state index is -4.43. The van der Waals surface area contributed by atoms with E-state index in [0.29, 0.717) is 41.9 Å². The number of halogens is 6. The summed E-state index contributed by atoms with van der Waals surface area (Å²) in [7, 11) is 0. The van der Waals surface area contributed by atoms with Gasteiger partial charge in [-0.1, -0.05) is 62.4 Å². The molecule has 2 atom stereocenters. The summed E-state index contributed by atoms with van der Waals surface area (Å²) in [4.78, 5) is 54.7. The van der Waals surface area contributed by atoms with Crippen molar-refractivity contribution in [1.29, 1.82) is 0 Å². The lowest BCUT2D eigenvalue weighted by molar-refractivity contribution is -0.165. The van der Waals surface area contributed by atoms with Crippen molar-refractivity contribution in [2.75, 3.05) is 26.2 Å². The molecule has 4 aromatic carbocycles. The third-order valence-electron chi connectivity index (χ3n) is 9.58. The zero-order chi connectivity index (χ0) is 44.3. The van der Waals surface area contributed by atoms with Gasteiger partial charge in [0.15, 0.2) is 12.2 Å². The fourth-order valence-electron chi connectivity index (χ4n) is 6.16. The number of carbonyl (C=O) groups is 3. The number of para-hydroxylation sites is 1. The summed E-state index contributed by atoms with van der Waals surface area (Å²) >= 11 is 0. The Morgan fingerprint density at radius 1 is 0.767 bits per heavy atom. The smallest absolute Gasteiger partial charge is 0.416 e. The Morgan fingerprint density at radius 2 is 1.30 bits per heavy atom. The van der Waals surface area contributed by atoms with Crippen molar-refractivity contribution in [3.8, 4) is 11.1 Å². The number of aliphatic hydroxyl groups is 2. The second-order valence-electron chi connectivity index (χ2n) is 13.5. The Labute approximate surface area is 339 Å². The van der Waals surface area contributed by atoms with Gasteiger partial charge >= 0.3 is 18.1 Å². The molecule has 0 spiro atoms. The van der Waals surface area contributed by atoms with Gasteiger partial charge in [0.25, 0.3) is 5.56 Å². The molecular weight excluding hydrogens is 802 g/mol. The van der Waals surface area contributed by atoms with Crippen molar-refractivity contribution in [2.24, 2.45) is 0 Å². The van der Waals surface area contributed by atoms with Crippen LogP contribution >= 0.6 is 0 Å². The third kappa shape index (κ3) is 12.2. The average Bonchev–Trinajstić information content (AvgIpc) is 3.21. The first-order valence-electron chi connectivity index (χ1n) is 18.5. The predicted molar refractivity (Wildman–Crippen MR) is 207 cm³/mol. The fraction of sp³-hybridized carbons (Fsp3) is 0.310. The molecule has 12 nitrogen and oxygen atoms in total. The van der Waals surface area contributed by atoms with Crippen LogP contribution in [0.2, 0.25) is 0 Å². The van der Waals surface area contributed by atoms with E-state index in [2.05, 4.69) is 9.88 Å². The number of nitrogens with zero attached hydrogens (tertiary/aromatic N) is 4. The molecule has 1 heterocycles. The Hall–Kier alpha value is -6.11. The van der Waals surface area contributed by atoms with Crippen LogP contribution in [0.25, 0.3) is 22.0 Å². The van der Waals surface area contributed by atoms with E-state index in [1.807, 2.05) is 26.0 Å². The first-order chi connectivity index (χ1) is 28.3. The van der Waals surface area contributed by atoms with Crippen LogP contribution in [0.4, 0.5) is 26.3 Å². The van der Waals surface area contributed by atoms with Gasteiger partial charge in [0.1, 0.15) is 29.8 Å². The quantitative estimate of drug-likeness (QED) is 0.0926. The molecule has 0 saturated carbocycles. The van der Waals surface area contributed by atoms with E-state index < -0.39 is 58.9 Å². The standard InChI is InChI=1S/C38H36F6N4O2.C4H6O6/c1-3-46(4-2)19-20-47(23-25-9-11-26(12-10-25)27-13-15-28(16-14-27)38(42,43)44)36(49)24-48-34-8-6-5-7-31(34)37(50)45-35(48)18-17-30-32(40)21-29(39)22-33(30)41;5-1(3(7)8)2(6)4(9)10/h5-16,21-22H,3-4,17-20,23-24H2,1-2H3;1-2,5-6H,(H,7,8)(H,9,10). The molecule has 5 rings (SSSR count). The zero-order valence-electron chi connectivity index (χ0n) is 32.4. The Bertz CT molecular complexity index is 2290. The molecule has 0 fully saturated rings. The minimum Gasteiger partial charge on any atom is -0.479 e. The van der Waals surface area contributed by atoms with Crippen LogP contribution in [-0.4, -0.2) is 96.0 Å². The van der Waals surface area contributed by atoms with Crippen LogP contribution in [0.3, 0.4) is 0 Å². The highest BCUT2D eigenvalue weighted by molar-refractivity contribution is 5.83. The van der Waals surface area contributed by atoms with E-state index in [4.69, 9.17) is 20.4 Å². The van der Waals surface area contributed by atoms with Gasteiger partial charge in [0.05, 0.1) is 16.5 Å². The molecule has 4 N–H and O–H groups in total. The predicted octanol–water partition coefficient (Wildman–Crippen LogP) is 5.53.